The molecule has 0 radical (unpaired) electrons. The second-order valence-corrected chi connectivity index (χ2v) is 26.1. The van der Waals surface area contributed by atoms with Crippen molar-refractivity contribution in [3.05, 3.63) is 342 Å². The first-order valence-corrected chi connectivity index (χ1v) is 33.7. The van der Waals surface area contributed by atoms with Gasteiger partial charge in [0.2, 0.25) is 0 Å². The third-order valence-electron chi connectivity index (χ3n) is 19.1. The third-order valence-corrected chi connectivity index (χ3v) is 19.1. The molecule has 12 aromatic carbocycles. The number of aromatic nitrogens is 9. The van der Waals surface area contributed by atoms with E-state index in [2.05, 4.69) is 326 Å². The second kappa shape index (κ2) is 26.6. The molecule has 18 rings (SSSR count). The molecule has 0 N–H and O–H groups in total. The SMILES string of the molecule is Cc1cc(C)c(-n2ccnc2-c2[c-]ccc(-n3c4ccccc4c4ccccc43)c2)c(C)c1.Cc1cc(C)c(-n2ccnc2-c2[c-]ccc(-n3c4ccccc4c4ccccc43)c2)c(C)c1.Cc1cc(C)c(-n2ccnc2-c2[c-]ccc(-n3c4ccccc4c4ccccc43)c2)c(C)c1.[Ir+3]. The van der Waals surface area contributed by atoms with Gasteiger partial charge in [-0.15, -0.1) is 89.5 Å². The molecule has 10 heteroatoms. The molecule has 486 valence electrons. The van der Waals surface area contributed by atoms with Gasteiger partial charge < -0.3 is 27.4 Å². The van der Waals surface area contributed by atoms with Gasteiger partial charge in [0.25, 0.3) is 0 Å². The number of para-hydroxylation sites is 6. The van der Waals surface area contributed by atoms with Crippen LogP contribution in [0.2, 0.25) is 0 Å². The Morgan fingerprint density at radius 3 is 0.690 bits per heavy atom. The zero-order chi connectivity index (χ0) is 67.6. The van der Waals surface area contributed by atoms with Crippen LogP contribution in [0.3, 0.4) is 0 Å². The van der Waals surface area contributed by atoms with Crippen LogP contribution in [-0.2, 0) is 20.1 Å². The Kier molecular flexibility index (Phi) is 17.1. The molecule has 0 atom stereocenters. The summed E-state index contributed by atoms with van der Waals surface area (Å²) in [5, 5.41) is 7.55. The third kappa shape index (κ3) is 11.4. The summed E-state index contributed by atoms with van der Waals surface area (Å²) in [6.45, 7) is 19.4. The fourth-order valence-corrected chi connectivity index (χ4v) is 15.5. The van der Waals surface area contributed by atoms with Gasteiger partial charge in [-0.1, -0.05) is 162 Å². The van der Waals surface area contributed by atoms with E-state index in [1.165, 1.54) is 133 Å². The van der Waals surface area contributed by atoms with E-state index in [4.69, 9.17) is 15.0 Å². The Balaban J connectivity index is 0.000000121. The van der Waals surface area contributed by atoms with Crippen molar-refractivity contribution in [1.82, 2.24) is 42.4 Å². The van der Waals surface area contributed by atoms with Crippen LogP contribution in [-0.4, -0.2) is 42.4 Å². The van der Waals surface area contributed by atoms with Gasteiger partial charge >= 0.3 is 20.1 Å². The van der Waals surface area contributed by atoms with E-state index in [1.807, 2.05) is 55.4 Å². The maximum Gasteiger partial charge on any atom is 3.00 e. The molecule has 100 heavy (non-hydrogen) atoms. The molecule has 0 spiro atoms. The predicted molar refractivity (Wildman–Crippen MR) is 409 cm³/mol. The fourth-order valence-electron chi connectivity index (χ4n) is 15.5. The van der Waals surface area contributed by atoms with E-state index in [9.17, 15) is 0 Å². The molecular formula is C90H72IrN9. The maximum absolute atomic E-state index is 4.74. The van der Waals surface area contributed by atoms with Crippen LogP contribution in [0.15, 0.2) is 274 Å². The van der Waals surface area contributed by atoms with Crippen LogP contribution in [0.25, 0.3) is 134 Å². The van der Waals surface area contributed by atoms with Gasteiger partial charge in [0.05, 0.1) is 50.6 Å². The molecule has 0 unspecified atom stereocenters. The van der Waals surface area contributed by atoms with Crippen molar-refractivity contribution in [2.75, 3.05) is 0 Å². The van der Waals surface area contributed by atoms with E-state index in [1.54, 1.807) is 0 Å². The van der Waals surface area contributed by atoms with Gasteiger partial charge in [-0.3, -0.25) is 15.0 Å². The smallest absolute Gasteiger partial charge is 0.340 e. The first-order valence-electron chi connectivity index (χ1n) is 33.7. The van der Waals surface area contributed by atoms with Crippen LogP contribution in [0.5, 0.6) is 0 Å². The Hall–Kier alpha value is -11.7. The largest absolute Gasteiger partial charge is 3.00 e. The van der Waals surface area contributed by atoms with E-state index >= 15 is 0 Å². The summed E-state index contributed by atoms with van der Waals surface area (Å²) in [4.78, 5) is 14.2. The molecule has 0 amide bonds. The Morgan fingerprint density at radius 2 is 0.470 bits per heavy atom. The molecule has 0 aliphatic rings. The Morgan fingerprint density at radius 1 is 0.260 bits per heavy atom. The Labute approximate surface area is 596 Å². The van der Waals surface area contributed by atoms with E-state index in [0.717, 1.165) is 51.2 Å². The number of rotatable bonds is 9. The molecule has 0 saturated heterocycles. The summed E-state index contributed by atoms with van der Waals surface area (Å²) in [5.41, 5.74) is 28.2. The van der Waals surface area contributed by atoms with E-state index < -0.39 is 0 Å². The minimum Gasteiger partial charge on any atom is -0.340 e. The average Bonchev–Trinajstić information content (AvgIpc) is 1.60. The van der Waals surface area contributed by atoms with Crippen molar-refractivity contribution >= 4 is 65.4 Å². The summed E-state index contributed by atoms with van der Waals surface area (Å²) in [6, 6.07) is 94.1. The molecule has 6 aromatic heterocycles. The van der Waals surface area contributed by atoms with Crippen molar-refractivity contribution in [2.24, 2.45) is 0 Å². The first kappa shape index (κ1) is 64.3. The van der Waals surface area contributed by atoms with Crippen LogP contribution >= 0.6 is 0 Å². The molecule has 0 bridgehead atoms. The predicted octanol–water partition coefficient (Wildman–Crippen LogP) is 22.1. The molecule has 9 nitrogen and oxygen atoms in total. The Bertz CT molecular complexity index is 5320. The normalized spacial score (nSPS) is 11.4. The summed E-state index contributed by atoms with van der Waals surface area (Å²) < 4.78 is 13.6. The van der Waals surface area contributed by atoms with Crippen LogP contribution in [0, 0.1) is 80.5 Å². The molecule has 0 saturated carbocycles. The molecule has 0 fully saturated rings. The number of hydrogen-bond acceptors (Lipinski definition) is 3. The molecule has 6 heterocycles. The van der Waals surface area contributed by atoms with Crippen LogP contribution in [0.1, 0.15) is 50.1 Å². The van der Waals surface area contributed by atoms with Crippen molar-refractivity contribution in [1.29, 1.82) is 0 Å². The van der Waals surface area contributed by atoms with Crippen molar-refractivity contribution < 1.29 is 20.1 Å². The summed E-state index contributed by atoms with van der Waals surface area (Å²) in [6.07, 6.45) is 11.7. The second-order valence-electron chi connectivity index (χ2n) is 26.1. The fraction of sp³-hybridized carbons (Fsp3) is 0.100. The standard InChI is InChI=1S/3C30H24N3.Ir/c3*1-20-17-21(2)29(22(3)18-20)32-16-15-31-30(32)23-9-8-10-24(19-23)33-27-13-6-4-11-25(27)26-12-5-7-14-28(26)33;/h3*4-8,10-19H,1-3H3;/q3*-1;+3. The van der Waals surface area contributed by atoms with Gasteiger partial charge in [0.15, 0.2) is 0 Å². The van der Waals surface area contributed by atoms with Crippen molar-refractivity contribution in [3.63, 3.8) is 0 Å². The van der Waals surface area contributed by atoms with Gasteiger partial charge in [-0.25, -0.2) is 0 Å². The number of hydrogen-bond donors (Lipinski definition) is 0. The van der Waals surface area contributed by atoms with E-state index in [-0.39, 0.29) is 20.1 Å². The summed E-state index contributed by atoms with van der Waals surface area (Å²) in [5.74, 6) is 2.69. The molecular weight excluding hydrogens is 1400 g/mol. The molecule has 0 aliphatic heterocycles. The van der Waals surface area contributed by atoms with E-state index in [0.29, 0.717) is 0 Å². The molecule has 0 aliphatic carbocycles. The van der Waals surface area contributed by atoms with Gasteiger partial charge in [-0.2, -0.15) is 0 Å². The summed E-state index contributed by atoms with van der Waals surface area (Å²) in [7, 11) is 0. The topological polar surface area (TPSA) is 68.2 Å². The zero-order valence-corrected chi connectivity index (χ0v) is 59.7. The number of benzene rings is 12. The monoisotopic (exact) mass is 1470 g/mol. The number of fused-ring (bicyclic) bond motifs is 9. The minimum atomic E-state index is 0. The number of imidazole rings is 3. The first-order chi connectivity index (χ1) is 48.3. The molecule has 18 aromatic rings. The van der Waals surface area contributed by atoms with Crippen LogP contribution in [0.4, 0.5) is 0 Å². The van der Waals surface area contributed by atoms with Crippen LogP contribution < -0.4 is 0 Å². The van der Waals surface area contributed by atoms with Crippen molar-refractivity contribution in [2.45, 2.75) is 62.3 Å². The van der Waals surface area contributed by atoms with Crippen molar-refractivity contribution in [3.8, 4) is 68.3 Å². The van der Waals surface area contributed by atoms with Gasteiger partial charge in [0.1, 0.15) is 0 Å². The quantitative estimate of drug-likeness (QED) is 0.135. The number of aryl methyl sites for hydroxylation is 9. The minimum absolute atomic E-state index is 0. The number of nitrogens with zero attached hydrogens (tertiary/aromatic N) is 9. The van der Waals surface area contributed by atoms with Gasteiger partial charge in [-0.05, 0) is 149 Å². The average molecular weight is 1470 g/mol. The maximum atomic E-state index is 4.74. The summed E-state index contributed by atoms with van der Waals surface area (Å²) >= 11 is 0. The van der Waals surface area contributed by atoms with Gasteiger partial charge in [0, 0.05) is 86.6 Å². The zero-order valence-electron chi connectivity index (χ0n) is 57.3.